The molecule has 0 saturated carbocycles. The number of likely N-dealkylation sites (N-methyl/N-ethyl adjacent to an activating group) is 1. The van der Waals surface area contributed by atoms with E-state index in [9.17, 15) is 4.79 Å². The Labute approximate surface area is 104 Å². The van der Waals surface area contributed by atoms with Crippen LogP contribution in [0.4, 0.5) is 0 Å². The Morgan fingerprint density at radius 1 is 1.35 bits per heavy atom. The molecule has 1 amide bonds. The van der Waals surface area contributed by atoms with Crippen molar-refractivity contribution in [2.24, 2.45) is 0 Å². The summed E-state index contributed by atoms with van der Waals surface area (Å²) >= 11 is 0. The van der Waals surface area contributed by atoms with E-state index in [0.29, 0.717) is 12.5 Å². The van der Waals surface area contributed by atoms with Crippen molar-refractivity contribution in [1.82, 2.24) is 10.2 Å². The van der Waals surface area contributed by atoms with E-state index in [1.165, 1.54) is 6.42 Å². The Balaban J connectivity index is 1.81. The monoisotopic (exact) mass is 240 g/mol. The molecule has 2 aliphatic rings. The maximum Gasteiger partial charge on any atom is 0.225 e. The number of ether oxygens (including phenoxy) is 1. The van der Waals surface area contributed by atoms with Gasteiger partial charge in [-0.15, -0.1) is 0 Å². The molecule has 2 aliphatic heterocycles. The fourth-order valence-corrected chi connectivity index (χ4v) is 2.89. The van der Waals surface area contributed by atoms with Crippen molar-refractivity contribution in [2.75, 3.05) is 26.7 Å². The second-order valence-electron chi connectivity index (χ2n) is 5.13. The third-order valence-electron chi connectivity index (χ3n) is 3.81. The molecule has 0 radical (unpaired) electrons. The third kappa shape index (κ3) is 3.42. The van der Waals surface area contributed by atoms with Gasteiger partial charge in [-0.25, -0.2) is 0 Å². The highest BCUT2D eigenvalue weighted by Crippen LogP contribution is 2.21. The van der Waals surface area contributed by atoms with Crippen LogP contribution >= 0.6 is 0 Å². The zero-order valence-corrected chi connectivity index (χ0v) is 10.8. The summed E-state index contributed by atoms with van der Waals surface area (Å²) in [5.41, 5.74) is 0. The van der Waals surface area contributed by atoms with Gasteiger partial charge < -0.3 is 15.0 Å². The van der Waals surface area contributed by atoms with Crippen molar-refractivity contribution in [1.29, 1.82) is 0 Å². The molecule has 2 fully saturated rings. The number of nitrogens with one attached hydrogen (secondary N) is 1. The van der Waals surface area contributed by atoms with E-state index >= 15 is 0 Å². The first kappa shape index (κ1) is 12.8. The maximum atomic E-state index is 12.2. The molecular weight excluding hydrogens is 216 g/mol. The van der Waals surface area contributed by atoms with Crippen molar-refractivity contribution >= 4 is 5.91 Å². The molecule has 0 aromatic heterocycles. The van der Waals surface area contributed by atoms with Gasteiger partial charge in [0.1, 0.15) is 0 Å². The minimum absolute atomic E-state index is 0.173. The maximum absolute atomic E-state index is 12.2. The number of rotatable bonds is 4. The van der Waals surface area contributed by atoms with Crippen molar-refractivity contribution in [2.45, 2.75) is 50.7 Å². The van der Waals surface area contributed by atoms with E-state index in [2.05, 4.69) is 10.2 Å². The predicted molar refractivity (Wildman–Crippen MR) is 66.9 cm³/mol. The van der Waals surface area contributed by atoms with Crippen LogP contribution in [0.25, 0.3) is 0 Å². The summed E-state index contributed by atoms with van der Waals surface area (Å²) in [6, 6.07) is 0.399. The Morgan fingerprint density at radius 3 is 2.94 bits per heavy atom. The summed E-state index contributed by atoms with van der Waals surface area (Å²) in [6.45, 7) is 2.67. The molecule has 17 heavy (non-hydrogen) atoms. The fourth-order valence-electron chi connectivity index (χ4n) is 2.89. The fraction of sp³-hybridized carbons (Fsp3) is 0.923. The highest BCUT2D eigenvalue weighted by molar-refractivity contribution is 5.77. The predicted octanol–water partition coefficient (Wildman–Crippen LogP) is 1.16. The molecule has 2 unspecified atom stereocenters. The number of carbonyl (C=O) groups is 1. The first-order valence-corrected chi connectivity index (χ1v) is 6.87. The molecule has 0 aromatic rings. The Morgan fingerprint density at radius 2 is 2.24 bits per heavy atom. The number of likely N-dealkylation sites (tertiary alicyclic amines) is 1. The summed E-state index contributed by atoms with van der Waals surface area (Å²) in [4.78, 5) is 14.3. The molecule has 2 heterocycles. The summed E-state index contributed by atoms with van der Waals surface area (Å²) in [5.74, 6) is 0.287. The van der Waals surface area contributed by atoms with E-state index in [1.54, 1.807) is 0 Å². The molecule has 2 atom stereocenters. The number of amides is 1. The molecule has 0 spiro atoms. The zero-order chi connectivity index (χ0) is 12.1. The van der Waals surface area contributed by atoms with E-state index < -0.39 is 0 Å². The van der Waals surface area contributed by atoms with Crippen molar-refractivity contribution in [3.63, 3.8) is 0 Å². The number of hydrogen-bond acceptors (Lipinski definition) is 3. The zero-order valence-electron chi connectivity index (χ0n) is 10.8. The van der Waals surface area contributed by atoms with Gasteiger partial charge in [0.05, 0.1) is 12.5 Å². The Hall–Kier alpha value is -0.610. The van der Waals surface area contributed by atoms with Gasteiger partial charge in [0.15, 0.2) is 0 Å². The van der Waals surface area contributed by atoms with Crippen LogP contribution in [0, 0.1) is 0 Å². The second kappa shape index (κ2) is 6.36. The van der Waals surface area contributed by atoms with Crippen molar-refractivity contribution < 1.29 is 9.53 Å². The average Bonchev–Trinajstić information content (AvgIpc) is 2.79. The van der Waals surface area contributed by atoms with Gasteiger partial charge in [0.25, 0.3) is 0 Å². The number of nitrogens with zero attached hydrogens (tertiary/aromatic N) is 1. The second-order valence-corrected chi connectivity index (χ2v) is 5.13. The third-order valence-corrected chi connectivity index (χ3v) is 3.81. The largest absolute Gasteiger partial charge is 0.378 e. The summed E-state index contributed by atoms with van der Waals surface area (Å²) < 4.78 is 5.64. The van der Waals surface area contributed by atoms with Gasteiger partial charge in [-0.2, -0.15) is 0 Å². The highest BCUT2D eigenvalue weighted by atomic mass is 16.5. The lowest BCUT2D eigenvalue weighted by molar-refractivity contribution is -0.135. The first-order valence-electron chi connectivity index (χ1n) is 6.87. The van der Waals surface area contributed by atoms with Crippen LogP contribution in [0.5, 0.6) is 0 Å². The van der Waals surface area contributed by atoms with Gasteiger partial charge >= 0.3 is 0 Å². The van der Waals surface area contributed by atoms with Gasteiger partial charge in [0.2, 0.25) is 5.91 Å². The lowest BCUT2D eigenvalue weighted by Crippen LogP contribution is -2.42. The Bertz CT molecular complexity index is 252. The molecule has 0 aromatic carbocycles. The standard InChI is InChI=1S/C13H24N2O2/c1-14-10-11-5-4-7-15(11)13(16)9-12-6-2-3-8-17-12/h11-12,14H,2-10H2,1H3. The molecule has 2 rings (SSSR count). The van der Waals surface area contributed by atoms with E-state index in [0.717, 1.165) is 45.4 Å². The van der Waals surface area contributed by atoms with Crippen LogP contribution in [0.15, 0.2) is 0 Å². The minimum atomic E-state index is 0.173. The van der Waals surface area contributed by atoms with Crippen LogP contribution in [-0.2, 0) is 9.53 Å². The number of carbonyl (C=O) groups excluding carboxylic acids is 1. The average molecular weight is 240 g/mol. The lowest BCUT2D eigenvalue weighted by atomic mass is 10.1. The lowest BCUT2D eigenvalue weighted by Gasteiger charge is -2.28. The SMILES string of the molecule is CNCC1CCCN1C(=O)CC1CCCCO1. The van der Waals surface area contributed by atoms with Crippen molar-refractivity contribution in [3.05, 3.63) is 0 Å². The van der Waals surface area contributed by atoms with Crippen LogP contribution in [-0.4, -0.2) is 49.7 Å². The molecule has 0 bridgehead atoms. The van der Waals surface area contributed by atoms with Crippen LogP contribution in [0.2, 0.25) is 0 Å². The van der Waals surface area contributed by atoms with Gasteiger partial charge in [-0.05, 0) is 39.2 Å². The van der Waals surface area contributed by atoms with Crippen molar-refractivity contribution in [3.8, 4) is 0 Å². The van der Waals surface area contributed by atoms with E-state index in [-0.39, 0.29) is 12.0 Å². The quantitative estimate of drug-likeness (QED) is 0.801. The summed E-state index contributed by atoms with van der Waals surface area (Å²) in [6.07, 6.45) is 6.44. The topological polar surface area (TPSA) is 41.6 Å². The number of hydrogen-bond donors (Lipinski definition) is 1. The van der Waals surface area contributed by atoms with Gasteiger partial charge in [0, 0.05) is 25.7 Å². The molecule has 2 saturated heterocycles. The van der Waals surface area contributed by atoms with E-state index in [1.807, 2.05) is 7.05 Å². The first-order chi connectivity index (χ1) is 8.31. The van der Waals surface area contributed by atoms with E-state index in [4.69, 9.17) is 4.74 Å². The summed E-state index contributed by atoms with van der Waals surface area (Å²) in [5, 5.41) is 3.17. The molecule has 1 N–H and O–H groups in total. The summed E-state index contributed by atoms with van der Waals surface area (Å²) in [7, 11) is 1.95. The molecule has 4 nitrogen and oxygen atoms in total. The molecular formula is C13H24N2O2. The van der Waals surface area contributed by atoms with Crippen LogP contribution in [0.1, 0.15) is 38.5 Å². The highest BCUT2D eigenvalue weighted by Gasteiger charge is 2.29. The van der Waals surface area contributed by atoms with Gasteiger partial charge in [-0.3, -0.25) is 4.79 Å². The molecule has 0 aliphatic carbocycles. The molecule has 98 valence electrons. The van der Waals surface area contributed by atoms with Gasteiger partial charge in [-0.1, -0.05) is 0 Å². The molecule has 4 heteroatoms. The minimum Gasteiger partial charge on any atom is -0.378 e. The smallest absolute Gasteiger partial charge is 0.225 e. The van der Waals surface area contributed by atoms with Crippen LogP contribution < -0.4 is 5.32 Å². The Kier molecular flexibility index (Phi) is 4.80. The van der Waals surface area contributed by atoms with Crippen LogP contribution in [0.3, 0.4) is 0 Å². The normalized spacial score (nSPS) is 29.6.